The minimum absolute atomic E-state index is 0.0874. The van der Waals surface area contributed by atoms with E-state index in [4.69, 9.17) is 0 Å². The van der Waals surface area contributed by atoms with Crippen molar-refractivity contribution in [2.24, 2.45) is 0 Å². The van der Waals surface area contributed by atoms with Crippen LogP contribution in [-0.4, -0.2) is 49.0 Å². The fraction of sp³-hybridized carbons (Fsp3) is 0.500. The summed E-state index contributed by atoms with van der Waals surface area (Å²) in [6.07, 6.45) is 0. The van der Waals surface area contributed by atoms with Crippen molar-refractivity contribution < 1.29 is 9.72 Å². The number of hydrogen-bond acceptors (Lipinski definition) is 5. The van der Waals surface area contributed by atoms with E-state index in [0.717, 1.165) is 19.6 Å². The van der Waals surface area contributed by atoms with Crippen molar-refractivity contribution in [1.82, 2.24) is 10.2 Å². The molecule has 116 valence electrons. The maximum Gasteiger partial charge on any atom is 0.293 e. The van der Waals surface area contributed by atoms with E-state index in [1.807, 2.05) is 0 Å². The number of carbonyl (C=O) groups is 1. The van der Waals surface area contributed by atoms with Crippen LogP contribution in [0.25, 0.3) is 0 Å². The Morgan fingerprint density at radius 3 is 2.52 bits per heavy atom. The smallest absolute Gasteiger partial charge is 0.293 e. The van der Waals surface area contributed by atoms with Gasteiger partial charge in [0.15, 0.2) is 0 Å². The van der Waals surface area contributed by atoms with Gasteiger partial charge in [0, 0.05) is 31.8 Å². The number of anilines is 1. The van der Waals surface area contributed by atoms with Gasteiger partial charge in [0.05, 0.1) is 4.92 Å². The van der Waals surface area contributed by atoms with Gasteiger partial charge in [-0.15, -0.1) is 0 Å². The van der Waals surface area contributed by atoms with Gasteiger partial charge in [0.25, 0.3) is 11.6 Å². The van der Waals surface area contributed by atoms with Gasteiger partial charge in [-0.1, -0.05) is 13.8 Å². The van der Waals surface area contributed by atoms with Gasteiger partial charge in [-0.3, -0.25) is 14.9 Å². The van der Waals surface area contributed by atoms with Crippen molar-refractivity contribution in [2.75, 3.05) is 38.5 Å². The van der Waals surface area contributed by atoms with Crippen LogP contribution in [0, 0.1) is 10.1 Å². The Balaban J connectivity index is 2.82. The summed E-state index contributed by atoms with van der Waals surface area (Å²) in [4.78, 5) is 24.4. The Labute approximate surface area is 124 Å². The maximum atomic E-state index is 11.5. The normalized spacial score (nSPS) is 10.5. The highest BCUT2D eigenvalue weighted by Gasteiger charge is 2.16. The van der Waals surface area contributed by atoms with Gasteiger partial charge in [0.1, 0.15) is 5.69 Å². The molecule has 1 amide bonds. The average Bonchev–Trinajstić information content (AvgIpc) is 2.50. The van der Waals surface area contributed by atoms with Crippen molar-refractivity contribution >= 4 is 17.3 Å². The van der Waals surface area contributed by atoms with Crippen LogP contribution >= 0.6 is 0 Å². The number of nitro benzene ring substituents is 1. The summed E-state index contributed by atoms with van der Waals surface area (Å²) >= 11 is 0. The summed E-state index contributed by atoms with van der Waals surface area (Å²) in [6, 6.07) is 4.44. The van der Waals surface area contributed by atoms with E-state index in [-0.39, 0.29) is 17.2 Å². The third-order valence-corrected chi connectivity index (χ3v) is 3.32. The number of nitrogens with zero attached hydrogens (tertiary/aromatic N) is 2. The Bertz CT molecular complexity index is 501. The molecule has 0 fully saturated rings. The third-order valence-electron chi connectivity index (χ3n) is 3.32. The molecule has 1 aromatic rings. The molecule has 21 heavy (non-hydrogen) atoms. The van der Waals surface area contributed by atoms with Crippen LogP contribution in [0.4, 0.5) is 11.4 Å². The topological polar surface area (TPSA) is 87.5 Å². The van der Waals surface area contributed by atoms with Gasteiger partial charge < -0.3 is 15.5 Å². The summed E-state index contributed by atoms with van der Waals surface area (Å²) in [5.41, 5.74) is 0.619. The van der Waals surface area contributed by atoms with E-state index in [0.29, 0.717) is 12.2 Å². The Kier molecular flexibility index (Phi) is 6.61. The number of benzene rings is 1. The molecule has 0 aliphatic carbocycles. The largest absolute Gasteiger partial charge is 0.378 e. The van der Waals surface area contributed by atoms with Crippen LogP contribution < -0.4 is 10.6 Å². The van der Waals surface area contributed by atoms with Crippen LogP contribution in [0.5, 0.6) is 0 Å². The lowest BCUT2D eigenvalue weighted by atomic mass is 10.1. The molecule has 0 saturated carbocycles. The predicted molar refractivity (Wildman–Crippen MR) is 82.8 cm³/mol. The lowest BCUT2D eigenvalue weighted by molar-refractivity contribution is -0.384. The third kappa shape index (κ3) is 4.71. The molecule has 7 heteroatoms. The molecule has 2 N–H and O–H groups in total. The lowest BCUT2D eigenvalue weighted by Gasteiger charge is -2.18. The number of hydrogen-bond donors (Lipinski definition) is 2. The average molecular weight is 294 g/mol. The summed E-state index contributed by atoms with van der Waals surface area (Å²) in [7, 11) is 1.49. The number of amides is 1. The van der Waals surface area contributed by atoms with Crippen LogP contribution in [0.1, 0.15) is 24.2 Å². The van der Waals surface area contributed by atoms with Crippen molar-refractivity contribution in [1.29, 1.82) is 0 Å². The number of likely N-dealkylation sites (N-methyl/N-ethyl adjacent to an activating group) is 1. The first-order chi connectivity index (χ1) is 10.0. The molecule has 7 nitrogen and oxygen atoms in total. The first-order valence-corrected chi connectivity index (χ1v) is 7.00. The molecular weight excluding hydrogens is 272 g/mol. The maximum absolute atomic E-state index is 11.5. The van der Waals surface area contributed by atoms with Crippen molar-refractivity contribution in [3.8, 4) is 0 Å². The fourth-order valence-electron chi connectivity index (χ4n) is 2.01. The van der Waals surface area contributed by atoms with Crippen LogP contribution in [0.15, 0.2) is 18.2 Å². The van der Waals surface area contributed by atoms with Gasteiger partial charge in [-0.05, 0) is 25.2 Å². The second kappa shape index (κ2) is 8.21. The molecule has 0 radical (unpaired) electrons. The van der Waals surface area contributed by atoms with E-state index in [1.54, 1.807) is 12.1 Å². The van der Waals surface area contributed by atoms with Gasteiger partial charge in [-0.2, -0.15) is 0 Å². The summed E-state index contributed by atoms with van der Waals surface area (Å²) in [5.74, 6) is -0.340. The number of rotatable bonds is 8. The molecule has 0 atom stereocenters. The SMILES string of the molecule is CCN(CC)CCNc1ccc(C(=O)NC)cc1[N+](=O)[O-]. The quantitative estimate of drug-likeness (QED) is 0.563. The van der Waals surface area contributed by atoms with E-state index >= 15 is 0 Å². The van der Waals surface area contributed by atoms with Crippen molar-refractivity contribution in [3.63, 3.8) is 0 Å². The minimum Gasteiger partial charge on any atom is -0.378 e. The Morgan fingerprint density at radius 2 is 2.00 bits per heavy atom. The molecule has 0 aromatic heterocycles. The molecule has 0 saturated heterocycles. The van der Waals surface area contributed by atoms with Gasteiger partial charge in [0.2, 0.25) is 0 Å². The molecule has 0 unspecified atom stereocenters. The van der Waals surface area contributed by atoms with Crippen molar-refractivity contribution in [2.45, 2.75) is 13.8 Å². The highest BCUT2D eigenvalue weighted by atomic mass is 16.6. The van der Waals surface area contributed by atoms with Crippen molar-refractivity contribution in [3.05, 3.63) is 33.9 Å². The zero-order valence-electron chi connectivity index (χ0n) is 12.7. The highest BCUT2D eigenvalue weighted by Crippen LogP contribution is 2.25. The summed E-state index contributed by atoms with van der Waals surface area (Å²) in [5, 5.41) is 16.6. The van der Waals surface area contributed by atoms with E-state index < -0.39 is 4.92 Å². The zero-order chi connectivity index (χ0) is 15.8. The van der Waals surface area contributed by atoms with E-state index in [2.05, 4.69) is 29.4 Å². The number of carbonyl (C=O) groups excluding carboxylic acids is 1. The second-order valence-corrected chi connectivity index (χ2v) is 4.52. The molecule has 0 spiro atoms. The molecule has 0 aliphatic heterocycles. The Morgan fingerprint density at radius 1 is 1.33 bits per heavy atom. The van der Waals surface area contributed by atoms with Gasteiger partial charge in [-0.25, -0.2) is 0 Å². The number of nitrogens with one attached hydrogen (secondary N) is 2. The first-order valence-electron chi connectivity index (χ1n) is 7.00. The second-order valence-electron chi connectivity index (χ2n) is 4.52. The molecule has 1 rings (SSSR count). The van der Waals surface area contributed by atoms with E-state index in [9.17, 15) is 14.9 Å². The predicted octanol–water partition coefficient (Wildman–Crippen LogP) is 1.71. The zero-order valence-corrected chi connectivity index (χ0v) is 12.7. The minimum atomic E-state index is -0.480. The fourth-order valence-corrected chi connectivity index (χ4v) is 2.01. The van der Waals surface area contributed by atoms with Gasteiger partial charge >= 0.3 is 0 Å². The van der Waals surface area contributed by atoms with E-state index in [1.165, 1.54) is 13.1 Å². The summed E-state index contributed by atoms with van der Waals surface area (Å²) in [6.45, 7) is 7.45. The lowest BCUT2D eigenvalue weighted by Crippen LogP contribution is -2.28. The summed E-state index contributed by atoms with van der Waals surface area (Å²) < 4.78 is 0. The number of nitro groups is 1. The molecule has 0 heterocycles. The Hall–Kier alpha value is -2.15. The standard InChI is InChI=1S/C14H22N4O3/c1-4-17(5-2)9-8-16-12-7-6-11(14(19)15-3)10-13(12)18(20)21/h6-7,10,16H,4-5,8-9H2,1-3H3,(H,15,19). The highest BCUT2D eigenvalue weighted by molar-refractivity contribution is 5.95. The molecular formula is C14H22N4O3. The monoisotopic (exact) mass is 294 g/mol. The molecule has 1 aromatic carbocycles. The van der Waals surface area contributed by atoms with Crippen LogP contribution in [0.3, 0.4) is 0 Å². The first kappa shape index (κ1) is 16.9. The van der Waals surface area contributed by atoms with Crippen LogP contribution in [-0.2, 0) is 0 Å². The van der Waals surface area contributed by atoms with Crippen LogP contribution in [0.2, 0.25) is 0 Å². The molecule has 0 bridgehead atoms. The molecule has 0 aliphatic rings.